The number of nitrogens with zero attached hydrogens (tertiary/aromatic N) is 3. The van der Waals surface area contributed by atoms with E-state index in [1.165, 1.54) is 6.20 Å². The predicted octanol–water partition coefficient (Wildman–Crippen LogP) is 8.98. The van der Waals surface area contributed by atoms with Crippen molar-refractivity contribution in [3.8, 4) is 33.8 Å². The standard InChI is InChI=1S/C25H19N2O.C11H8N.Ir/c1-15-10-12-21(26-14-15)20-9-5-8-18-19-11-13-22(27-25(19)28-24(18)20)23-16(2)6-4-7-17(23)3;1-2-6-10(7-3-1)11-8-4-5-9-12-11;/h4-8,10-14H,1-3H3;1-6,8-9H;/q2*-1;/i1D3;;. The van der Waals surface area contributed by atoms with Gasteiger partial charge in [-0.1, -0.05) is 53.4 Å². The Kier molecular flexibility index (Phi) is 7.36. The molecular weight excluding hydrogens is 683 g/mol. The van der Waals surface area contributed by atoms with Crippen molar-refractivity contribution in [3.63, 3.8) is 0 Å². The zero-order valence-corrected chi connectivity index (χ0v) is 24.9. The van der Waals surface area contributed by atoms with Crippen LogP contribution >= 0.6 is 0 Å². The topological polar surface area (TPSA) is 51.8 Å². The van der Waals surface area contributed by atoms with Crippen LogP contribution in [-0.4, -0.2) is 15.0 Å². The van der Waals surface area contributed by atoms with Crippen molar-refractivity contribution in [1.82, 2.24) is 15.0 Å². The fraction of sp³-hybridized carbons (Fsp3) is 0.0833. The van der Waals surface area contributed by atoms with Gasteiger partial charge in [0.25, 0.3) is 0 Å². The fourth-order valence-electron chi connectivity index (χ4n) is 4.79. The molecule has 5 heteroatoms. The quantitative estimate of drug-likeness (QED) is 0.172. The van der Waals surface area contributed by atoms with Crippen LogP contribution in [0.4, 0.5) is 0 Å². The summed E-state index contributed by atoms with van der Waals surface area (Å²) in [5, 5.41) is 1.84. The van der Waals surface area contributed by atoms with Crippen molar-refractivity contribution in [2.24, 2.45) is 0 Å². The van der Waals surface area contributed by atoms with Gasteiger partial charge in [0.05, 0.1) is 11.3 Å². The number of rotatable bonds is 3. The number of pyridine rings is 3. The van der Waals surface area contributed by atoms with Gasteiger partial charge in [-0.25, -0.2) is 4.98 Å². The zero-order chi connectivity index (χ0) is 30.0. The molecule has 1 radical (unpaired) electrons. The van der Waals surface area contributed by atoms with Crippen LogP contribution in [0.1, 0.15) is 20.8 Å². The average molecular weight is 713 g/mol. The second-order valence-corrected chi connectivity index (χ2v) is 9.44. The summed E-state index contributed by atoms with van der Waals surface area (Å²) >= 11 is 0. The molecule has 7 aromatic rings. The molecule has 41 heavy (non-hydrogen) atoms. The Labute approximate surface area is 257 Å². The Balaban J connectivity index is 0.000000248. The minimum absolute atomic E-state index is 0. The molecule has 0 aliphatic carbocycles. The van der Waals surface area contributed by atoms with Crippen molar-refractivity contribution in [2.75, 3.05) is 0 Å². The third kappa shape index (κ3) is 5.88. The van der Waals surface area contributed by atoms with Crippen LogP contribution in [-0.2, 0) is 20.1 Å². The van der Waals surface area contributed by atoms with E-state index < -0.39 is 6.85 Å². The molecular formula is C36H27IrN3O-2. The number of aromatic nitrogens is 3. The van der Waals surface area contributed by atoms with Gasteiger partial charge in [0.1, 0.15) is 0 Å². The summed E-state index contributed by atoms with van der Waals surface area (Å²) in [6, 6.07) is 37.3. The molecule has 0 amide bonds. The predicted molar refractivity (Wildman–Crippen MR) is 162 cm³/mol. The molecule has 0 atom stereocenters. The number of hydrogen-bond acceptors (Lipinski definition) is 4. The first kappa shape index (κ1) is 24.4. The molecule has 0 N–H and O–H groups in total. The van der Waals surface area contributed by atoms with Gasteiger partial charge in [-0.2, -0.15) is 0 Å². The van der Waals surface area contributed by atoms with E-state index in [1.54, 1.807) is 18.3 Å². The van der Waals surface area contributed by atoms with E-state index >= 15 is 0 Å². The number of fused-ring (bicyclic) bond motifs is 3. The monoisotopic (exact) mass is 713 g/mol. The third-order valence-corrected chi connectivity index (χ3v) is 6.71. The summed E-state index contributed by atoms with van der Waals surface area (Å²) in [6.07, 6.45) is 3.17. The van der Waals surface area contributed by atoms with Gasteiger partial charge in [0.2, 0.25) is 5.71 Å². The van der Waals surface area contributed by atoms with Crippen molar-refractivity contribution >= 4 is 22.1 Å². The number of aryl methyl sites for hydroxylation is 3. The summed E-state index contributed by atoms with van der Waals surface area (Å²) < 4.78 is 28.8. The van der Waals surface area contributed by atoms with Gasteiger partial charge in [-0.15, -0.1) is 54.1 Å². The van der Waals surface area contributed by atoms with Gasteiger partial charge in [-0.3, -0.25) is 0 Å². The van der Waals surface area contributed by atoms with E-state index in [4.69, 9.17) is 13.5 Å². The maximum Gasteiger partial charge on any atom is 0.216 e. The van der Waals surface area contributed by atoms with Gasteiger partial charge >= 0.3 is 0 Å². The van der Waals surface area contributed by atoms with Crippen LogP contribution in [0.25, 0.3) is 55.8 Å². The average Bonchev–Trinajstić information content (AvgIpc) is 3.40. The molecule has 0 saturated carbocycles. The van der Waals surface area contributed by atoms with Crippen molar-refractivity contribution in [3.05, 3.63) is 138 Å². The molecule has 0 fully saturated rings. The molecule has 4 heterocycles. The number of hydrogen-bond donors (Lipinski definition) is 0. The van der Waals surface area contributed by atoms with Crippen molar-refractivity contribution in [2.45, 2.75) is 20.7 Å². The molecule has 0 spiro atoms. The molecule has 3 aromatic carbocycles. The Morgan fingerprint density at radius 2 is 1.54 bits per heavy atom. The van der Waals surface area contributed by atoms with Gasteiger partial charge in [-0.05, 0) is 67.0 Å². The van der Waals surface area contributed by atoms with E-state index in [1.807, 2.05) is 72.8 Å². The van der Waals surface area contributed by atoms with Crippen molar-refractivity contribution in [1.29, 1.82) is 0 Å². The third-order valence-electron chi connectivity index (χ3n) is 6.71. The maximum atomic E-state index is 7.53. The van der Waals surface area contributed by atoms with E-state index in [9.17, 15) is 0 Å². The molecule has 203 valence electrons. The molecule has 0 saturated heterocycles. The van der Waals surface area contributed by atoms with Crippen LogP contribution < -0.4 is 0 Å². The van der Waals surface area contributed by atoms with Crippen LogP contribution in [0.5, 0.6) is 0 Å². The minimum Gasteiger partial charge on any atom is -0.486 e. The molecule has 4 aromatic heterocycles. The van der Waals surface area contributed by atoms with Crippen molar-refractivity contribution < 1.29 is 28.6 Å². The molecule has 0 unspecified atom stereocenters. The molecule has 0 bridgehead atoms. The van der Waals surface area contributed by atoms with E-state index in [0.717, 1.165) is 44.4 Å². The zero-order valence-electron chi connectivity index (χ0n) is 25.5. The molecule has 0 aliphatic heterocycles. The van der Waals surface area contributed by atoms with Crippen LogP contribution in [0.15, 0.2) is 114 Å². The SMILES string of the molecule is [2H]C([2H])([2H])c1ccc(-c2[c-]ccc3c2oc2nc(-c4c(C)cccc4C)ccc23)nc1.[Ir].[c-]1ccccc1-c1ccccn1. The molecule has 4 nitrogen and oxygen atoms in total. The largest absolute Gasteiger partial charge is 0.486 e. The van der Waals surface area contributed by atoms with Gasteiger partial charge in [0.15, 0.2) is 0 Å². The maximum absolute atomic E-state index is 7.53. The Bertz CT molecular complexity index is 1970. The van der Waals surface area contributed by atoms with Gasteiger partial charge in [0, 0.05) is 47.6 Å². The number of furan rings is 1. The minimum atomic E-state index is -2.19. The van der Waals surface area contributed by atoms with E-state index in [-0.39, 0.29) is 25.7 Å². The summed E-state index contributed by atoms with van der Waals surface area (Å²) in [5.41, 5.74) is 8.99. The molecule has 7 rings (SSSR count). The van der Waals surface area contributed by atoms with Crippen LogP contribution in [0.2, 0.25) is 0 Å². The Hall–Kier alpha value is -4.44. The second-order valence-electron chi connectivity index (χ2n) is 9.44. The van der Waals surface area contributed by atoms with Gasteiger partial charge < -0.3 is 14.4 Å². The molecule has 0 aliphatic rings. The first-order valence-corrected chi connectivity index (χ1v) is 12.9. The first-order valence-electron chi connectivity index (χ1n) is 14.4. The summed E-state index contributed by atoms with van der Waals surface area (Å²) in [7, 11) is 0. The van der Waals surface area contributed by atoms with Crippen LogP contribution in [0.3, 0.4) is 0 Å². The second kappa shape index (κ2) is 12.4. The number of benzene rings is 3. The summed E-state index contributed by atoms with van der Waals surface area (Å²) in [4.78, 5) is 13.4. The van der Waals surface area contributed by atoms with E-state index in [0.29, 0.717) is 22.6 Å². The summed E-state index contributed by atoms with van der Waals surface area (Å²) in [5.74, 6) is 0. The Morgan fingerprint density at radius 3 is 2.24 bits per heavy atom. The Morgan fingerprint density at radius 1 is 0.707 bits per heavy atom. The summed E-state index contributed by atoms with van der Waals surface area (Å²) in [6.45, 7) is 1.97. The normalized spacial score (nSPS) is 12.0. The first-order chi connectivity index (χ1) is 20.8. The van der Waals surface area contributed by atoms with Crippen LogP contribution in [0, 0.1) is 32.8 Å². The van der Waals surface area contributed by atoms with E-state index in [2.05, 4.69) is 48.1 Å². The fourth-order valence-corrected chi connectivity index (χ4v) is 4.79. The smallest absolute Gasteiger partial charge is 0.216 e.